The molecule has 2 heterocycles. The lowest BCUT2D eigenvalue weighted by Gasteiger charge is -2.20. The van der Waals surface area contributed by atoms with Gasteiger partial charge in [-0.05, 0) is 36.8 Å². The Balaban J connectivity index is 1.56. The summed E-state index contributed by atoms with van der Waals surface area (Å²) in [6.45, 7) is 2.01. The number of rotatable bonds is 3. The normalized spacial score (nSPS) is 16.2. The minimum Gasteiger partial charge on any atom is -0.340 e. The fourth-order valence-corrected chi connectivity index (χ4v) is 3.67. The van der Waals surface area contributed by atoms with Gasteiger partial charge in [0.05, 0.1) is 16.7 Å². The number of hydrogen-bond donors (Lipinski definition) is 1. The third-order valence-corrected chi connectivity index (χ3v) is 5.25. The van der Waals surface area contributed by atoms with Gasteiger partial charge in [0.25, 0.3) is 5.91 Å². The van der Waals surface area contributed by atoms with Crippen LogP contribution in [0.4, 0.5) is 0 Å². The van der Waals surface area contributed by atoms with Crippen molar-refractivity contribution < 1.29 is 4.79 Å². The van der Waals surface area contributed by atoms with E-state index in [1.54, 1.807) is 5.01 Å². The van der Waals surface area contributed by atoms with E-state index in [2.05, 4.69) is 4.98 Å². The molecule has 0 fully saturated rings. The number of nitrogens with zero attached hydrogens (tertiary/aromatic N) is 3. The summed E-state index contributed by atoms with van der Waals surface area (Å²) in [7, 11) is 0. The molecule has 4 aromatic rings. The molecule has 5 heteroatoms. The molecular formula is C24H20N4O. The fourth-order valence-electron chi connectivity index (χ4n) is 3.67. The van der Waals surface area contributed by atoms with Crippen LogP contribution in [0.5, 0.6) is 0 Å². The zero-order valence-electron chi connectivity index (χ0n) is 16.0. The van der Waals surface area contributed by atoms with Gasteiger partial charge >= 0.3 is 0 Å². The molecule has 1 aliphatic heterocycles. The highest BCUT2D eigenvalue weighted by atomic mass is 16.2. The van der Waals surface area contributed by atoms with E-state index in [0.717, 1.165) is 33.7 Å². The first kappa shape index (κ1) is 17.4. The van der Waals surface area contributed by atoms with Gasteiger partial charge < -0.3 is 4.98 Å². The molecule has 5 nitrogen and oxygen atoms in total. The molecule has 0 bridgehead atoms. The van der Waals surface area contributed by atoms with Crippen molar-refractivity contribution in [3.8, 4) is 0 Å². The van der Waals surface area contributed by atoms with E-state index < -0.39 is 0 Å². The number of carbonyl (C=O) groups excluding carboxylic acids is 1. The summed E-state index contributed by atoms with van der Waals surface area (Å²) in [5, 5.41) is 6.30. The topological polar surface area (TPSA) is 61.4 Å². The Morgan fingerprint density at radius 2 is 1.69 bits per heavy atom. The van der Waals surface area contributed by atoms with Crippen molar-refractivity contribution >= 4 is 22.7 Å². The Morgan fingerprint density at radius 3 is 2.45 bits per heavy atom. The zero-order chi connectivity index (χ0) is 19.8. The van der Waals surface area contributed by atoms with Crippen LogP contribution < -0.4 is 0 Å². The van der Waals surface area contributed by atoms with Crippen molar-refractivity contribution in [1.82, 2.24) is 15.0 Å². The molecule has 1 aliphatic rings. The molecule has 5 rings (SSSR count). The third kappa shape index (κ3) is 3.21. The first-order valence-corrected chi connectivity index (χ1v) is 9.67. The molecule has 29 heavy (non-hydrogen) atoms. The number of hydrazone groups is 1. The second-order valence-electron chi connectivity index (χ2n) is 7.29. The van der Waals surface area contributed by atoms with Gasteiger partial charge in [0, 0.05) is 12.0 Å². The summed E-state index contributed by atoms with van der Waals surface area (Å²) < 4.78 is 0. The van der Waals surface area contributed by atoms with Gasteiger partial charge in [-0.2, -0.15) is 5.10 Å². The van der Waals surface area contributed by atoms with Gasteiger partial charge in [0.2, 0.25) is 0 Å². The molecule has 142 valence electrons. The minimum absolute atomic E-state index is 0.124. The van der Waals surface area contributed by atoms with Crippen LogP contribution >= 0.6 is 0 Å². The van der Waals surface area contributed by atoms with Crippen LogP contribution in [0, 0.1) is 6.92 Å². The molecule has 1 amide bonds. The van der Waals surface area contributed by atoms with Crippen molar-refractivity contribution in [1.29, 1.82) is 0 Å². The van der Waals surface area contributed by atoms with Crippen LogP contribution in [0.25, 0.3) is 11.0 Å². The van der Waals surface area contributed by atoms with E-state index in [1.807, 2.05) is 85.8 Å². The number of H-pyrrole nitrogens is 1. The van der Waals surface area contributed by atoms with Gasteiger partial charge in [-0.3, -0.25) is 4.79 Å². The van der Waals surface area contributed by atoms with E-state index >= 15 is 0 Å². The highest BCUT2D eigenvalue weighted by Gasteiger charge is 2.35. The second kappa shape index (κ2) is 7.02. The maximum atomic E-state index is 13.3. The van der Waals surface area contributed by atoms with Crippen molar-refractivity contribution in [2.75, 3.05) is 0 Å². The third-order valence-electron chi connectivity index (χ3n) is 5.25. The summed E-state index contributed by atoms with van der Waals surface area (Å²) in [6, 6.07) is 25.2. The maximum Gasteiger partial charge on any atom is 0.274 e. The van der Waals surface area contributed by atoms with E-state index in [-0.39, 0.29) is 11.9 Å². The molecule has 1 N–H and O–H groups in total. The standard InChI is InChI=1S/C24H20N4O/c1-16-11-13-18(14-12-16)24(29)28-22(15-21(27-28)17-7-3-2-4-8-17)23-25-19-9-5-6-10-20(19)26-23/h2-14,22H,15H2,1H3,(H,25,26)/t22-/m0/s1. The predicted molar refractivity (Wildman–Crippen MR) is 114 cm³/mol. The van der Waals surface area contributed by atoms with Gasteiger partial charge in [-0.25, -0.2) is 9.99 Å². The highest BCUT2D eigenvalue weighted by molar-refractivity contribution is 6.05. The van der Waals surface area contributed by atoms with E-state index in [1.165, 1.54) is 0 Å². The molecule has 0 unspecified atom stereocenters. The number of imidazole rings is 1. The molecule has 1 aromatic heterocycles. The minimum atomic E-state index is -0.272. The summed E-state index contributed by atoms with van der Waals surface area (Å²) in [5.74, 6) is 0.628. The van der Waals surface area contributed by atoms with Gasteiger partial charge in [0.15, 0.2) is 0 Å². The molecule has 0 spiro atoms. The lowest BCUT2D eigenvalue weighted by atomic mass is 10.0. The monoisotopic (exact) mass is 380 g/mol. The molecule has 3 aromatic carbocycles. The first-order valence-electron chi connectivity index (χ1n) is 9.67. The predicted octanol–water partition coefficient (Wildman–Crippen LogP) is 4.86. The number of nitrogens with one attached hydrogen (secondary N) is 1. The first-order chi connectivity index (χ1) is 14.2. The number of benzene rings is 3. The van der Waals surface area contributed by atoms with Gasteiger partial charge in [0.1, 0.15) is 11.9 Å². The number of fused-ring (bicyclic) bond motifs is 1. The second-order valence-corrected chi connectivity index (χ2v) is 7.29. The van der Waals surface area contributed by atoms with Crippen molar-refractivity contribution in [3.05, 3.63) is 101 Å². The number of amides is 1. The van der Waals surface area contributed by atoms with Crippen LogP contribution in [0.2, 0.25) is 0 Å². The smallest absolute Gasteiger partial charge is 0.274 e. The number of para-hydroxylation sites is 2. The fraction of sp³-hybridized carbons (Fsp3) is 0.125. The number of aryl methyl sites for hydroxylation is 1. The SMILES string of the molecule is Cc1ccc(C(=O)N2N=C(c3ccccc3)C[C@H]2c2nc3ccccc3[nH]2)cc1. The molecule has 1 atom stereocenters. The summed E-state index contributed by atoms with van der Waals surface area (Å²) in [6.07, 6.45) is 0.613. The Labute approximate surface area is 168 Å². The van der Waals surface area contributed by atoms with Crippen LogP contribution in [0.3, 0.4) is 0 Å². The van der Waals surface area contributed by atoms with Gasteiger partial charge in [-0.15, -0.1) is 0 Å². The molecule has 0 aliphatic carbocycles. The number of carbonyl (C=O) groups is 1. The van der Waals surface area contributed by atoms with Gasteiger partial charge in [-0.1, -0.05) is 60.2 Å². The number of aromatic nitrogens is 2. The maximum absolute atomic E-state index is 13.3. The zero-order valence-corrected chi connectivity index (χ0v) is 16.0. The Hall–Kier alpha value is -3.73. The largest absolute Gasteiger partial charge is 0.340 e. The quantitative estimate of drug-likeness (QED) is 0.552. The van der Waals surface area contributed by atoms with E-state index in [0.29, 0.717) is 12.0 Å². The molecule has 0 saturated carbocycles. The van der Waals surface area contributed by atoms with E-state index in [9.17, 15) is 4.79 Å². The average molecular weight is 380 g/mol. The summed E-state index contributed by atoms with van der Waals surface area (Å²) in [5.41, 5.74) is 5.49. The average Bonchev–Trinajstić information content (AvgIpc) is 3.39. The molecule has 0 radical (unpaired) electrons. The molecular weight excluding hydrogens is 360 g/mol. The molecule has 0 saturated heterocycles. The van der Waals surface area contributed by atoms with Crippen LogP contribution in [0.15, 0.2) is 84.0 Å². The van der Waals surface area contributed by atoms with Crippen molar-refractivity contribution in [3.63, 3.8) is 0 Å². The Bertz CT molecular complexity index is 1180. The lowest BCUT2D eigenvalue weighted by Crippen LogP contribution is -2.27. The number of aromatic amines is 1. The van der Waals surface area contributed by atoms with Crippen LogP contribution in [0.1, 0.15) is 39.8 Å². The van der Waals surface area contributed by atoms with E-state index in [4.69, 9.17) is 10.1 Å². The number of hydrogen-bond acceptors (Lipinski definition) is 3. The lowest BCUT2D eigenvalue weighted by molar-refractivity contribution is 0.0705. The van der Waals surface area contributed by atoms with Crippen LogP contribution in [-0.4, -0.2) is 26.6 Å². The Kier molecular flexibility index (Phi) is 4.21. The van der Waals surface area contributed by atoms with Crippen molar-refractivity contribution in [2.45, 2.75) is 19.4 Å². The Morgan fingerprint density at radius 1 is 0.966 bits per heavy atom. The highest BCUT2D eigenvalue weighted by Crippen LogP contribution is 2.33. The summed E-state index contributed by atoms with van der Waals surface area (Å²) >= 11 is 0. The summed E-state index contributed by atoms with van der Waals surface area (Å²) in [4.78, 5) is 21.4. The van der Waals surface area contributed by atoms with Crippen LogP contribution in [-0.2, 0) is 0 Å². The van der Waals surface area contributed by atoms with Crippen molar-refractivity contribution in [2.24, 2.45) is 5.10 Å².